The predicted molar refractivity (Wildman–Crippen MR) is 50.9 cm³/mol. The molecule has 0 saturated heterocycles. The summed E-state index contributed by atoms with van der Waals surface area (Å²) in [4.78, 5) is 47.4. The van der Waals surface area contributed by atoms with Crippen molar-refractivity contribution < 1.29 is 14.8 Å². The number of carbonyl (C=O) groups is 2. The van der Waals surface area contributed by atoms with Crippen molar-refractivity contribution >= 4 is 17.5 Å². The van der Waals surface area contributed by atoms with E-state index in [-0.39, 0.29) is 5.69 Å². The smallest absolute Gasteiger partial charge is 0.320 e. The van der Waals surface area contributed by atoms with Crippen molar-refractivity contribution in [1.29, 1.82) is 0 Å². The summed E-state index contributed by atoms with van der Waals surface area (Å²) >= 11 is 0. The monoisotopic (exact) mass is 228 g/mol. The van der Waals surface area contributed by atoms with Crippen LogP contribution in [-0.4, -0.2) is 27.0 Å². The van der Waals surface area contributed by atoms with E-state index in [0.717, 1.165) is 6.20 Å². The molecule has 0 bridgehead atoms. The van der Waals surface area contributed by atoms with Gasteiger partial charge in [0.1, 0.15) is 12.1 Å². The average Bonchev–Trinajstić information content (AvgIpc) is 2.22. The van der Waals surface area contributed by atoms with E-state index in [0.29, 0.717) is 0 Å². The van der Waals surface area contributed by atoms with Gasteiger partial charge in [0, 0.05) is 6.20 Å². The number of H-pyrrole nitrogens is 2. The van der Waals surface area contributed by atoms with Gasteiger partial charge < -0.3 is 10.3 Å². The minimum Gasteiger partial charge on any atom is -0.320 e. The zero-order chi connectivity index (χ0) is 12.1. The van der Waals surface area contributed by atoms with Crippen molar-refractivity contribution in [3.05, 3.63) is 27.0 Å². The topological polar surface area (TPSA) is 144 Å². The average molecular weight is 228 g/mol. The van der Waals surface area contributed by atoms with Crippen LogP contribution in [0.3, 0.4) is 0 Å². The second kappa shape index (κ2) is 4.89. The molecular formula is C7H8N4O5. The summed E-state index contributed by atoms with van der Waals surface area (Å²) in [6.45, 7) is 0. The number of carbonyl (C=O) groups excluding carboxylic acids is 2. The highest BCUT2D eigenvalue weighted by molar-refractivity contribution is 6.03. The predicted octanol–water partition coefficient (Wildman–Crippen LogP) is -2.10. The molecule has 0 aliphatic rings. The molecule has 16 heavy (non-hydrogen) atoms. The third-order valence-corrected chi connectivity index (χ3v) is 1.54. The van der Waals surface area contributed by atoms with Gasteiger partial charge in [0.15, 0.2) is 0 Å². The molecule has 5 N–H and O–H groups in total. The molecule has 1 aromatic heterocycles. The van der Waals surface area contributed by atoms with Crippen molar-refractivity contribution in [3.8, 4) is 0 Å². The minimum atomic E-state index is -0.918. The number of amides is 2. The number of hydrogen-bond acceptors (Lipinski definition) is 5. The summed E-state index contributed by atoms with van der Waals surface area (Å²) in [6.07, 6.45) is 0.352. The summed E-state index contributed by atoms with van der Waals surface area (Å²) in [6, 6.07) is 0. The number of aromatic nitrogens is 2. The molecule has 1 heterocycles. The summed E-state index contributed by atoms with van der Waals surface area (Å²) in [5.41, 5.74) is -0.439. The number of aromatic amines is 2. The number of hydrogen-bond donors (Lipinski definition) is 5. The van der Waals surface area contributed by atoms with Crippen molar-refractivity contribution in [2.24, 2.45) is 0 Å². The maximum atomic E-state index is 11.1. The highest BCUT2D eigenvalue weighted by atomic mass is 16.5. The number of anilines is 1. The molecule has 0 saturated carbocycles. The van der Waals surface area contributed by atoms with Gasteiger partial charge in [-0.1, -0.05) is 0 Å². The van der Waals surface area contributed by atoms with Gasteiger partial charge in [0.2, 0.25) is 5.91 Å². The van der Waals surface area contributed by atoms with E-state index >= 15 is 0 Å². The third-order valence-electron chi connectivity index (χ3n) is 1.54. The number of hydroxylamine groups is 1. The van der Waals surface area contributed by atoms with Crippen LogP contribution in [-0.2, 0) is 9.59 Å². The zero-order valence-electron chi connectivity index (χ0n) is 7.86. The van der Waals surface area contributed by atoms with Crippen LogP contribution < -0.4 is 22.0 Å². The minimum absolute atomic E-state index is 0.199. The molecule has 1 aromatic rings. The lowest BCUT2D eigenvalue weighted by Gasteiger charge is -2.01. The quantitative estimate of drug-likeness (QED) is 0.228. The van der Waals surface area contributed by atoms with E-state index in [2.05, 4.69) is 10.3 Å². The Bertz CT molecular complexity index is 516. The molecule has 9 heteroatoms. The Morgan fingerprint density at radius 2 is 2.00 bits per heavy atom. The first-order valence-electron chi connectivity index (χ1n) is 4.07. The van der Waals surface area contributed by atoms with E-state index in [1.807, 2.05) is 4.98 Å². The van der Waals surface area contributed by atoms with Crippen LogP contribution in [0.4, 0.5) is 5.69 Å². The lowest BCUT2D eigenvalue weighted by atomic mass is 10.3. The summed E-state index contributed by atoms with van der Waals surface area (Å²) in [7, 11) is 0. The van der Waals surface area contributed by atoms with Crippen LogP contribution in [0.25, 0.3) is 0 Å². The lowest BCUT2D eigenvalue weighted by molar-refractivity contribution is -0.132. The van der Waals surface area contributed by atoms with Crippen molar-refractivity contribution in [3.63, 3.8) is 0 Å². The summed E-state index contributed by atoms with van der Waals surface area (Å²) in [5, 5.41) is 10.2. The first-order chi connectivity index (χ1) is 7.52. The van der Waals surface area contributed by atoms with Crippen molar-refractivity contribution in [2.45, 2.75) is 6.42 Å². The number of nitrogens with one attached hydrogen (secondary N) is 4. The Hall–Kier alpha value is -2.42. The number of rotatable bonds is 3. The van der Waals surface area contributed by atoms with E-state index in [4.69, 9.17) is 5.21 Å². The molecule has 2 amide bonds. The van der Waals surface area contributed by atoms with Crippen molar-refractivity contribution in [2.75, 3.05) is 5.32 Å². The fourth-order valence-electron chi connectivity index (χ4n) is 0.882. The van der Waals surface area contributed by atoms with Gasteiger partial charge in [0.05, 0.1) is 0 Å². The van der Waals surface area contributed by atoms with Gasteiger partial charge in [-0.3, -0.25) is 24.6 Å². The second-order valence-electron chi connectivity index (χ2n) is 2.75. The maximum Gasteiger partial charge on any atom is 0.325 e. The summed E-state index contributed by atoms with van der Waals surface area (Å²) in [5.74, 6) is -1.72. The molecule has 0 aliphatic heterocycles. The Labute approximate surface area is 87.5 Å². The largest absolute Gasteiger partial charge is 0.325 e. The Balaban J connectivity index is 2.74. The zero-order valence-corrected chi connectivity index (χ0v) is 7.86. The molecule has 0 fully saturated rings. The van der Waals surface area contributed by atoms with Gasteiger partial charge in [-0.15, -0.1) is 0 Å². The Kier molecular flexibility index (Phi) is 3.56. The highest BCUT2D eigenvalue weighted by Crippen LogP contribution is 1.93. The Morgan fingerprint density at radius 1 is 1.31 bits per heavy atom. The van der Waals surface area contributed by atoms with Crippen LogP contribution in [0.1, 0.15) is 6.42 Å². The lowest BCUT2D eigenvalue weighted by Crippen LogP contribution is -2.29. The van der Waals surface area contributed by atoms with Gasteiger partial charge in [-0.2, -0.15) is 0 Å². The van der Waals surface area contributed by atoms with Crippen LogP contribution in [0.2, 0.25) is 0 Å². The van der Waals surface area contributed by atoms with Gasteiger partial charge in [0.25, 0.3) is 11.5 Å². The fraction of sp³-hybridized carbons (Fsp3) is 0.143. The molecule has 0 atom stereocenters. The normalized spacial score (nSPS) is 9.56. The molecule has 0 radical (unpaired) electrons. The molecule has 0 aromatic carbocycles. The molecule has 0 aliphatic carbocycles. The fourth-order valence-corrected chi connectivity index (χ4v) is 0.882. The molecule has 9 nitrogen and oxygen atoms in total. The van der Waals surface area contributed by atoms with Crippen LogP contribution in [0, 0.1) is 0 Å². The van der Waals surface area contributed by atoms with E-state index in [1.54, 1.807) is 0 Å². The van der Waals surface area contributed by atoms with Crippen LogP contribution in [0.15, 0.2) is 15.8 Å². The molecule has 86 valence electrons. The standard InChI is InChI=1S/C7H8N4O5/c12-4(1-5(13)11-16)9-3-2-8-7(15)10-6(3)14/h2,16H,1H2,(H,9,12)(H,11,13)(H2,8,10,14,15). The van der Waals surface area contributed by atoms with Gasteiger partial charge in [-0.25, -0.2) is 10.3 Å². The molecule has 0 unspecified atom stereocenters. The first kappa shape index (κ1) is 11.7. The van der Waals surface area contributed by atoms with Gasteiger partial charge >= 0.3 is 5.69 Å². The SMILES string of the molecule is O=C(CC(=O)Nc1c[nH]c(=O)[nH]c1=O)NO. The molecule has 1 rings (SSSR count). The molecule has 0 spiro atoms. The second-order valence-corrected chi connectivity index (χ2v) is 2.75. The van der Waals surface area contributed by atoms with E-state index < -0.39 is 29.5 Å². The first-order valence-corrected chi connectivity index (χ1v) is 4.07. The van der Waals surface area contributed by atoms with Gasteiger partial charge in [-0.05, 0) is 0 Å². The van der Waals surface area contributed by atoms with E-state index in [1.165, 1.54) is 5.48 Å². The van der Waals surface area contributed by atoms with Crippen LogP contribution >= 0.6 is 0 Å². The maximum absolute atomic E-state index is 11.1. The van der Waals surface area contributed by atoms with E-state index in [9.17, 15) is 19.2 Å². The Morgan fingerprint density at radius 3 is 2.56 bits per heavy atom. The highest BCUT2D eigenvalue weighted by Gasteiger charge is 2.10. The summed E-state index contributed by atoms with van der Waals surface area (Å²) < 4.78 is 0. The third kappa shape index (κ3) is 3.06. The van der Waals surface area contributed by atoms with Crippen molar-refractivity contribution in [1.82, 2.24) is 15.4 Å². The molecular weight excluding hydrogens is 220 g/mol. The van der Waals surface area contributed by atoms with Crippen LogP contribution in [0.5, 0.6) is 0 Å².